The number of likely N-dealkylation sites (tertiary alicyclic amines) is 1. The van der Waals surface area contributed by atoms with Gasteiger partial charge in [-0.05, 0) is 69.3 Å². The molecular formula is C18H26N4. The van der Waals surface area contributed by atoms with Crippen molar-refractivity contribution in [1.82, 2.24) is 19.7 Å². The molecule has 0 spiro atoms. The molecule has 0 aromatic carbocycles. The van der Waals surface area contributed by atoms with Crippen molar-refractivity contribution in [2.45, 2.75) is 45.2 Å². The molecule has 118 valence electrons. The second-order valence-electron chi connectivity index (χ2n) is 6.45. The van der Waals surface area contributed by atoms with Gasteiger partial charge in [-0.3, -0.25) is 9.67 Å². The highest BCUT2D eigenvalue weighted by atomic mass is 15.3. The van der Waals surface area contributed by atoms with Crippen molar-refractivity contribution in [1.29, 1.82) is 0 Å². The third-order valence-corrected chi connectivity index (χ3v) is 4.85. The van der Waals surface area contributed by atoms with E-state index in [2.05, 4.69) is 28.0 Å². The van der Waals surface area contributed by atoms with Gasteiger partial charge in [0, 0.05) is 37.4 Å². The van der Waals surface area contributed by atoms with Crippen LogP contribution in [0.25, 0.3) is 0 Å². The average Bonchev–Trinajstić information content (AvgIpc) is 3.08. The van der Waals surface area contributed by atoms with E-state index in [9.17, 15) is 0 Å². The highest BCUT2D eigenvalue weighted by Crippen LogP contribution is 2.23. The Labute approximate surface area is 133 Å². The molecule has 0 N–H and O–H groups in total. The zero-order chi connectivity index (χ0) is 15.2. The van der Waals surface area contributed by atoms with Gasteiger partial charge in [0.25, 0.3) is 0 Å². The van der Waals surface area contributed by atoms with Gasteiger partial charge in [0.2, 0.25) is 0 Å². The second kappa shape index (κ2) is 7.54. The minimum absolute atomic E-state index is 0.642. The quantitative estimate of drug-likeness (QED) is 0.822. The Morgan fingerprint density at radius 3 is 2.77 bits per heavy atom. The fraction of sp³-hybridized carbons (Fsp3) is 0.556. The highest BCUT2D eigenvalue weighted by Gasteiger charge is 2.22. The molecule has 1 aliphatic heterocycles. The summed E-state index contributed by atoms with van der Waals surface area (Å²) in [6.07, 6.45) is 12.7. The van der Waals surface area contributed by atoms with Crippen LogP contribution in [0.2, 0.25) is 0 Å². The normalized spacial score (nSPS) is 18.4. The summed E-state index contributed by atoms with van der Waals surface area (Å²) in [6, 6.07) is 6.88. The van der Waals surface area contributed by atoms with Crippen molar-refractivity contribution in [3.05, 3.63) is 48.5 Å². The van der Waals surface area contributed by atoms with Crippen LogP contribution in [0.5, 0.6) is 0 Å². The lowest BCUT2D eigenvalue weighted by Gasteiger charge is -2.36. The number of aromatic nitrogens is 3. The van der Waals surface area contributed by atoms with Crippen LogP contribution < -0.4 is 0 Å². The van der Waals surface area contributed by atoms with Crippen LogP contribution in [-0.2, 0) is 13.0 Å². The van der Waals surface area contributed by atoms with E-state index in [1.165, 1.54) is 44.3 Å². The first-order valence-corrected chi connectivity index (χ1v) is 8.41. The lowest BCUT2D eigenvalue weighted by molar-refractivity contribution is 0.131. The van der Waals surface area contributed by atoms with E-state index in [0.717, 1.165) is 12.5 Å². The number of pyridine rings is 1. The number of aryl methyl sites for hydroxylation is 1. The maximum atomic E-state index is 4.28. The van der Waals surface area contributed by atoms with E-state index < -0.39 is 0 Å². The largest absolute Gasteiger partial charge is 0.301 e. The van der Waals surface area contributed by atoms with Gasteiger partial charge >= 0.3 is 0 Å². The summed E-state index contributed by atoms with van der Waals surface area (Å²) in [5.41, 5.74) is 1.38. The van der Waals surface area contributed by atoms with E-state index in [1.807, 2.05) is 41.6 Å². The summed E-state index contributed by atoms with van der Waals surface area (Å²) < 4.78 is 2.03. The minimum Gasteiger partial charge on any atom is -0.301 e. The van der Waals surface area contributed by atoms with Crippen LogP contribution in [0.15, 0.2) is 43.0 Å². The Morgan fingerprint density at radius 2 is 2.09 bits per heavy atom. The van der Waals surface area contributed by atoms with Crippen molar-refractivity contribution < 1.29 is 0 Å². The summed E-state index contributed by atoms with van der Waals surface area (Å²) in [5.74, 6) is 0.818. The first-order chi connectivity index (χ1) is 10.8. The SMILES string of the molecule is C[C@H](CCn1cccn1)N1CCC(Cc2cccnc2)CC1. The third kappa shape index (κ3) is 4.17. The summed E-state index contributed by atoms with van der Waals surface area (Å²) >= 11 is 0. The molecule has 3 rings (SSSR count). The molecule has 3 heterocycles. The van der Waals surface area contributed by atoms with Gasteiger partial charge in [-0.2, -0.15) is 5.10 Å². The Bertz CT molecular complexity index is 529. The summed E-state index contributed by atoms with van der Waals surface area (Å²) in [5, 5.41) is 4.28. The number of piperidine rings is 1. The van der Waals surface area contributed by atoms with Gasteiger partial charge in [0.15, 0.2) is 0 Å². The van der Waals surface area contributed by atoms with Crippen molar-refractivity contribution in [2.75, 3.05) is 13.1 Å². The maximum Gasteiger partial charge on any atom is 0.0489 e. The fourth-order valence-electron chi connectivity index (χ4n) is 3.38. The first kappa shape index (κ1) is 15.2. The predicted octanol–water partition coefficient (Wildman–Crippen LogP) is 3.01. The molecule has 2 aromatic heterocycles. The van der Waals surface area contributed by atoms with Crippen LogP contribution in [0.3, 0.4) is 0 Å². The predicted molar refractivity (Wildman–Crippen MR) is 88.5 cm³/mol. The van der Waals surface area contributed by atoms with Crippen molar-refractivity contribution >= 4 is 0 Å². The fourth-order valence-corrected chi connectivity index (χ4v) is 3.38. The molecule has 0 saturated carbocycles. The number of hydrogen-bond donors (Lipinski definition) is 0. The lowest BCUT2D eigenvalue weighted by atomic mass is 9.90. The molecule has 0 amide bonds. The van der Waals surface area contributed by atoms with Gasteiger partial charge in [-0.1, -0.05) is 6.07 Å². The summed E-state index contributed by atoms with van der Waals surface area (Å²) in [4.78, 5) is 6.87. The molecule has 1 aliphatic rings. The highest BCUT2D eigenvalue weighted by molar-refractivity contribution is 5.09. The minimum atomic E-state index is 0.642. The molecule has 0 unspecified atom stereocenters. The monoisotopic (exact) mass is 298 g/mol. The van der Waals surface area contributed by atoms with Crippen LogP contribution in [0.4, 0.5) is 0 Å². The van der Waals surface area contributed by atoms with E-state index in [-0.39, 0.29) is 0 Å². The molecule has 1 fully saturated rings. The van der Waals surface area contributed by atoms with Crippen LogP contribution >= 0.6 is 0 Å². The maximum absolute atomic E-state index is 4.28. The third-order valence-electron chi connectivity index (χ3n) is 4.85. The van der Waals surface area contributed by atoms with Gasteiger partial charge in [-0.15, -0.1) is 0 Å². The summed E-state index contributed by atoms with van der Waals surface area (Å²) in [6.45, 7) is 5.82. The van der Waals surface area contributed by atoms with Crippen LogP contribution in [0, 0.1) is 5.92 Å². The molecule has 2 aromatic rings. The molecule has 22 heavy (non-hydrogen) atoms. The Hall–Kier alpha value is -1.68. The van der Waals surface area contributed by atoms with Gasteiger partial charge in [-0.25, -0.2) is 0 Å². The lowest BCUT2D eigenvalue weighted by Crippen LogP contribution is -2.40. The van der Waals surface area contributed by atoms with Crippen molar-refractivity contribution in [3.8, 4) is 0 Å². The topological polar surface area (TPSA) is 34.0 Å². The molecule has 4 heteroatoms. The Kier molecular flexibility index (Phi) is 5.22. The van der Waals surface area contributed by atoms with E-state index in [1.54, 1.807) is 0 Å². The first-order valence-electron chi connectivity index (χ1n) is 8.41. The second-order valence-corrected chi connectivity index (χ2v) is 6.45. The average molecular weight is 298 g/mol. The summed E-state index contributed by atoms with van der Waals surface area (Å²) in [7, 11) is 0. The number of nitrogens with zero attached hydrogens (tertiary/aromatic N) is 4. The van der Waals surface area contributed by atoms with Crippen molar-refractivity contribution in [3.63, 3.8) is 0 Å². The standard InChI is InChI=1S/C18H26N4/c1-16(5-13-22-10-3-9-20-22)21-11-6-17(7-12-21)14-18-4-2-8-19-15-18/h2-4,8-10,15-17H,5-7,11-14H2,1H3/t16-/m1/s1. The van der Waals surface area contributed by atoms with Gasteiger partial charge in [0.1, 0.15) is 0 Å². The molecular weight excluding hydrogens is 272 g/mol. The number of rotatable bonds is 6. The van der Waals surface area contributed by atoms with Crippen molar-refractivity contribution in [2.24, 2.45) is 5.92 Å². The van der Waals surface area contributed by atoms with E-state index >= 15 is 0 Å². The van der Waals surface area contributed by atoms with Gasteiger partial charge in [0.05, 0.1) is 0 Å². The molecule has 1 atom stereocenters. The van der Waals surface area contributed by atoms with E-state index in [4.69, 9.17) is 0 Å². The smallest absolute Gasteiger partial charge is 0.0489 e. The molecule has 0 aliphatic carbocycles. The van der Waals surface area contributed by atoms with E-state index in [0.29, 0.717) is 6.04 Å². The molecule has 0 radical (unpaired) electrons. The molecule has 4 nitrogen and oxygen atoms in total. The zero-order valence-corrected chi connectivity index (χ0v) is 13.4. The van der Waals surface area contributed by atoms with Crippen LogP contribution in [0.1, 0.15) is 31.7 Å². The molecule has 0 bridgehead atoms. The van der Waals surface area contributed by atoms with Gasteiger partial charge < -0.3 is 4.90 Å². The molecule has 1 saturated heterocycles. The van der Waals surface area contributed by atoms with Crippen LogP contribution in [-0.4, -0.2) is 38.8 Å². The Balaban J connectivity index is 1.41. The Morgan fingerprint density at radius 1 is 1.23 bits per heavy atom. The number of hydrogen-bond acceptors (Lipinski definition) is 3. The zero-order valence-electron chi connectivity index (χ0n) is 13.4.